The number of hydrogen-bond donors (Lipinski definition) is 3. The SMILES string of the molecule is C.CS(=O)(=O)OCC1CCC1.OCC1CCC1.OCC1CNC1.[2H]CC. The minimum Gasteiger partial charge on any atom is -0.396 e. The van der Waals surface area contributed by atoms with E-state index in [1.165, 1.54) is 25.7 Å². The Morgan fingerprint density at radius 3 is 1.60 bits per heavy atom. The summed E-state index contributed by atoms with van der Waals surface area (Å²) in [5.41, 5.74) is 0. The summed E-state index contributed by atoms with van der Waals surface area (Å²) in [6.45, 7) is 5.47. The second-order valence-electron chi connectivity index (χ2n) is 6.47. The first kappa shape index (κ1) is 24.8. The topological polar surface area (TPSA) is 95.9 Å². The van der Waals surface area contributed by atoms with Crippen molar-refractivity contribution in [1.29, 1.82) is 0 Å². The Morgan fingerprint density at radius 2 is 1.48 bits per heavy atom. The molecule has 1 heterocycles. The molecule has 7 heteroatoms. The van der Waals surface area contributed by atoms with E-state index >= 15 is 0 Å². The van der Waals surface area contributed by atoms with E-state index in [0.29, 0.717) is 44.5 Å². The third-order valence-corrected chi connectivity index (χ3v) is 4.91. The molecule has 0 unspecified atom stereocenters. The maximum Gasteiger partial charge on any atom is 0.264 e. The number of hydrogen-bond acceptors (Lipinski definition) is 6. The average Bonchev–Trinajstić information content (AvgIpc) is 2.35. The first-order valence-electron chi connectivity index (χ1n) is 9.62. The van der Waals surface area contributed by atoms with Crippen molar-refractivity contribution in [2.24, 2.45) is 17.8 Å². The molecule has 3 rings (SSSR count). The summed E-state index contributed by atoms with van der Waals surface area (Å²) >= 11 is 0. The fraction of sp³-hybridized carbons (Fsp3) is 1.00. The van der Waals surface area contributed by atoms with Gasteiger partial charge in [0, 0.05) is 33.6 Å². The Morgan fingerprint density at radius 1 is 1.04 bits per heavy atom. The van der Waals surface area contributed by atoms with Crippen LogP contribution < -0.4 is 5.32 Å². The van der Waals surface area contributed by atoms with Gasteiger partial charge in [0.1, 0.15) is 0 Å². The van der Waals surface area contributed by atoms with Gasteiger partial charge in [-0.1, -0.05) is 34.1 Å². The molecule has 0 aromatic heterocycles. The minimum absolute atomic E-state index is 0. The van der Waals surface area contributed by atoms with E-state index in [-0.39, 0.29) is 7.43 Å². The zero-order valence-corrected chi connectivity index (χ0v) is 16.1. The van der Waals surface area contributed by atoms with E-state index in [1.807, 2.05) is 0 Å². The maximum atomic E-state index is 10.5. The number of nitrogens with one attached hydrogen (secondary N) is 1. The van der Waals surface area contributed by atoms with Crippen molar-refractivity contribution in [2.45, 2.75) is 59.8 Å². The lowest BCUT2D eigenvalue weighted by atomic mass is 9.86. The van der Waals surface area contributed by atoms with Crippen molar-refractivity contribution in [3.05, 3.63) is 0 Å². The fourth-order valence-corrected chi connectivity index (χ4v) is 2.47. The van der Waals surface area contributed by atoms with Gasteiger partial charge in [-0.15, -0.1) is 0 Å². The molecule has 0 spiro atoms. The summed E-state index contributed by atoms with van der Waals surface area (Å²) < 4.78 is 31.7. The Bertz CT molecular complexity index is 377. The van der Waals surface area contributed by atoms with Crippen molar-refractivity contribution >= 4 is 10.1 Å². The predicted octanol–water partition coefficient (Wildman–Crippen LogP) is 2.40. The molecule has 0 amide bonds. The van der Waals surface area contributed by atoms with E-state index in [0.717, 1.165) is 32.2 Å². The lowest BCUT2D eigenvalue weighted by Gasteiger charge is -2.24. The van der Waals surface area contributed by atoms with Crippen molar-refractivity contribution in [2.75, 3.05) is 39.2 Å². The highest BCUT2D eigenvalue weighted by Gasteiger charge is 2.19. The van der Waals surface area contributed by atoms with E-state index in [2.05, 4.69) is 9.50 Å². The van der Waals surface area contributed by atoms with Gasteiger partial charge in [0.2, 0.25) is 0 Å². The van der Waals surface area contributed by atoms with Gasteiger partial charge < -0.3 is 15.5 Å². The van der Waals surface area contributed by atoms with Crippen molar-refractivity contribution in [3.63, 3.8) is 0 Å². The highest BCUT2D eigenvalue weighted by atomic mass is 32.2. The number of aliphatic hydroxyl groups excluding tert-OH is 2. The highest BCUT2D eigenvalue weighted by molar-refractivity contribution is 7.85. The smallest absolute Gasteiger partial charge is 0.264 e. The van der Waals surface area contributed by atoms with Crippen LogP contribution >= 0.6 is 0 Å². The maximum absolute atomic E-state index is 10.5. The lowest BCUT2D eigenvalue weighted by Crippen LogP contribution is -2.43. The quantitative estimate of drug-likeness (QED) is 0.630. The van der Waals surface area contributed by atoms with E-state index in [9.17, 15) is 8.42 Å². The summed E-state index contributed by atoms with van der Waals surface area (Å²) in [5, 5.41) is 19.8. The average molecular weight is 385 g/mol. The molecular formula is C18H41NO5S. The van der Waals surface area contributed by atoms with Crippen LogP contribution in [0.5, 0.6) is 0 Å². The molecule has 0 aromatic rings. The zero-order valence-electron chi connectivity index (χ0n) is 16.2. The third kappa shape index (κ3) is 14.6. The first-order valence-corrected chi connectivity index (χ1v) is 10.7. The molecule has 3 N–H and O–H groups in total. The van der Waals surface area contributed by atoms with Gasteiger partial charge in [-0.2, -0.15) is 8.42 Å². The van der Waals surface area contributed by atoms with Crippen LogP contribution in [-0.2, 0) is 14.3 Å². The van der Waals surface area contributed by atoms with Crippen LogP contribution in [0.3, 0.4) is 0 Å². The molecule has 3 aliphatic rings. The van der Waals surface area contributed by atoms with Crippen LogP contribution in [0.25, 0.3) is 0 Å². The second-order valence-corrected chi connectivity index (χ2v) is 8.12. The fourth-order valence-electron chi connectivity index (χ4n) is 2.03. The van der Waals surface area contributed by atoms with Gasteiger partial charge >= 0.3 is 0 Å². The lowest BCUT2D eigenvalue weighted by molar-refractivity contribution is 0.163. The largest absolute Gasteiger partial charge is 0.396 e. The molecular weight excluding hydrogens is 342 g/mol. The van der Waals surface area contributed by atoms with Crippen LogP contribution in [0, 0.1) is 17.8 Å². The van der Waals surface area contributed by atoms with Crippen molar-refractivity contribution in [3.8, 4) is 0 Å². The Balaban J connectivity index is 0. The van der Waals surface area contributed by atoms with Gasteiger partial charge in [-0.05, 0) is 37.5 Å². The number of aliphatic hydroxyl groups is 2. The molecule has 25 heavy (non-hydrogen) atoms. The summed E-state index contributed by atoms with van der Waals surface area (Å²) in [4.78, 5) is 0. The molecule has 2 aliphatic carbocycles. The Labute approximate surface area is 156 Å². The Kier molecular flexibility index (Phi) is 15.9. The molecule has 0 radical (unpaired) electrons. The first-order chi connectivity index (χ1) is 11.9. The van der Waals surface area contributed by atoms with Gasteiger partial charge in [-0.3, -0.25) is 4.18 Å². The predicted molar refractivity (Wildman–Crippen MR) is 104 cm³/mol. The highest BCUT2D eigenvalue weighted by Crippen LogP contribution is 2.26. The summed E-state index contributed by atoms with van der Waals surface area (Å²) in [7, 11) is -3.20. The van der Waals surface area contributed by atoms with E-state index < -0.39 is 10.1 Å². The van der Waals surface area contributed by atoms with Crippen LogP contribution in [0.4, 0.5) is 0 Å². The molecule has 1 aliphatic heterocycles. The summed E-state index contributed by atoms with van der Waals surface area (Å²) in [5.74, 6) is 1.73. The zero-order chi connectivity index (χ0) is 19.1. The third-order valence-electron chi connectivity index (χ3n) is 4.35. The standard InChI is InChI=1S/C6H12O3S.C5H10O.C4H9NO.C2H6.CH4/c1-10(7,8)9-5-6-3-2-4-6;6-4-5-2-1-3-5;6-3-4-1-5-2-4;1-2;/h6H,2-5H2,1H3;5-6H,1-4H2;4-6H,1-3H2;1-2H3;1H4/i;;;1D;. The summed E-state index contributed by atoms with van der Waals surface area (Å²) in [6, 6.07) is 0. The molecule has 0 atom stereocenters. The molecule has 6 nitrogen and oxygen atoms in total. The van der Waals surface area contributed by atoms with Crippen LogP contribution in [-0.4, -0.2) is 57.8 Å². The number of rotatable bonds is 5. The summed E-state index contributed by atoms with van der Waals surface area (Å²) in [6.07, 6.45) is 8.41. The van der Waals surface area contributed by atoms with E-state index in [1.54, 1.807) is 6.92 Å². The second kappa shape index (κ2) is 16.0. The van der Waals surface area contributed by atoms with Crippen LogP contribution in [0.1, 0.15) is 61.1 Å². The molecule has 154 valence electrons. The normalized spacial score (nSPS) is 20.2. The molecule has 3 fully saturated rings. The van der Waals surface area contributed by atoms with E-state index in [4.69, 9.17) is 11.6 Å². The Hall–Kier alpha value is -0.210. The molecule has 1 saturated heterocycles. The van der Waals surface area contributed by atoms with Gasteiger partial charge in [0.15, 0.2) is 0 Å². The van der Waals surface area contributed by atoms with Gasteiger partial charge in [-0.25, -0.2) is 0 Å². The van der Waals surface area contributed by atoms with Crippen molar-refractivity contribution < 1.29 is 24.2 Å². The minimum atomic E-state index is -3.20. The molecule has 2 saturated carbocycles. The van der Waals surface area contributed by atoms with Gasteiger partial charge in [0.25, 0.3) is 10.1 Å². The van der Waals surface area contributed by atoms with Gasteiger partial charge in [0.05, 0.1) is 12.9 Å². The van der Waals surface area contributed by atoms with Crippen LogP contribution in [0.2, 0.25) is 0 Å². The molecule has 0 bridgehead atoms. The molecule has 0 aromatic carbocycles. The van der Waals surface area contributed by atoms with Crippen molar-refractivity contribution in [1.82, 2.24) is 5.32 Å². The van der Waals surface area contributed by atoms with Crippen LogP contribution in [0.15, 0.2) is 0 Å². The monoisotopic (exact) mass is 384 g/mol.